The van der Waals surface area contributed by atoms with Crippen LogP contribution in [-0.4, -0.2) is 9.97 Å². The largest absolute Gasteiger partial charge is 0.456 e. The van der Waals surface area contributed by atoms with Crippen LogP contribution in [0.1, 0.15) is 25.0 Å². The molecule has 1 aliphatic carbocycles. The van der Waals surface area contributed by atoms with Gasteiger partial charge >= 0.3 is 0 Å². The molecule has 0 amide bonds. The first kappa shape index (κ1) is 30.8. The second kappa shape index (κ2) is 11.6. The van der Waals surface area contributed by atoms with E-state index in [2.05, 4.69) is 166 Å². The highest BCUT2D eigenvalue weighted by atomic mass is 16.3. The standard InChI is InChI=1S/C51H34N2O/c1-51(2)43-17-10-16-40(49(43)42-28-32-13-6-7-14-33(32)29-44(42)51)46-30-45(52-50(53-46)31-11-4-3-5-12-31)38-22-21-34-25-35(19-20-36(34)26-38)37-23-24-48-41(27-37)39-15-8-9-18-47(39)54-48/h3-30H,1-2H3. The predicted octanol–water partition coefficient (Wildman–Crippen LogP) is 13.7. The van der Waals surface area contributed by atoms with E-state index in [1.807, 2.05) is 18.2 Å². The summed E-state index contributed by atoms with van der Waals surface area (Å²) in [6.45, 7) is 4.69. The molecular formula is C51H34N2O. The maximum Gasteiger partial charge on any atom is 0.160 e. The number of nitrogens with zero attached hydrogens (tertiary/aromatic N) is 2. The van der Waals surface area contributed by atoms with Crippen molar-refractivity contribution >= 4 is 43.5 Å². The minimum absolute atomic E-state index is 0.141. The van der Waals surface area contributed by atoms with Gasteiger partial charge in [0.2, 0.25) is 0 Å². The van der Waals surface area contributed by atoms with Crippen molar-refractivity contribution in [2.75, 3.05) is 0 Å². The first-order valence-corrected chi connectivity index (χ1v) is 18.6. The SMILES string of the molecule is CC1(C)c2cc3ccccc3cc2-c2c(-c3cc(-c4ccc5cc(-c6ccc7oc8ccccc8c7c6)ccc5c4)nc(-c4ccccc4)n3)cccc21. The van der Waals surface area contributed by atoms with E-state index in [4.69, 9.17) is 14.4 Å². The summed E-state index contributed by atoms with van der Waals surface area (Å²) in [6, 6.07) is 60.7. The molecule has 0 atom stereocenters. The number of para-hydroxylation sites is 1. The van der Waals surface area contributed by atoms with Gasteiger partial charge in [-0.15, -0.1) is 0 Å². The molecular weight excluding hydrogens is 657 g/mol. The zero-order valence-corrected chi connectivity index (χ0v) is 30.0. The molecule has 0 bridgehead atoms. The van der Waals surface area contributed by atoms with Gasteiger partial charge < -0.3 is 4.42 Å². The first-order chi connectivity index (χ1) is 26.5. The molecule has 0 spiro atoms. The lowest BCUT2D eigenvalue weighted by Gasteiger charge is -2.22. The number of benzene rings is 8. The van der Waals surface area contributed by atoms with Crippen LogP contribution in [0.4, 0.5) is 0 Å². The number of aromatic nitrogens is 2. The van der Waals surface area contributed by atoms with Crippen LogP contribution >= 0.6 is 0 Å². The lowest BCUT2D eigenvalue weighted by Crippen LogP contribution is -2.14. The Hall–Kier alpha value is -6.84. The molecule has 0 aliphatic heterocycles. The van der Waals surface area contributed by atoms with Gasteiger partial charge in [0, 0.05) is 32.9 Å². The highest BCUT2D eigenvalue weighted by Gasteiger charge is 2.37. The van der Waals surface area contributed by atoms with E-state index in [-0.39, 0.29) is 5.41 Å². The Morgan fingerprint density at radius 2 is 1.06 bits per heavy atom. The Morgan fingerprint density at radius 3 is 1.91 bits per heavy atom. The zero-order chi connectivity index (χ0) is 36.0. The highest BCUT2D eigenvalue weighted by Crippen LogP contribution is 2.53. The van der Waals surface area contributed by atoms with Crippen LogP contribution in [0.25, 0.3) is 99.6 Å². The minimum Gasteiger partial charge on any atom is -0.456 e. The Balaban J connectivity index is 1.05. The van der Waals surface area contributed by atoms with Crippen molar-refractivity contribution in [2.24, 2.45) is 0 Å². The van der Waals surface area contributed by atoms with Crippen molar-refractivity contribution in [3.05, 3.63) is 181 Å². The van der Waals surface area contributed by atoms with Gasteiger partial charge in [0.15, 0.2) is 5.82 Å². The average molecular weight is 691 g/mol. The summed E-state index contributed by atoms with van der Waals surface area (Å²) < 4.78 is 6.09. The van der Waals surface area contributed by atoms with Crippen molar-refractivity contribution in [3.8, 4) is 56.2 Å². The topological polar surface area (TPSA) is 38.9 Å². The molecule has 2 heterocycles. The summed E-state index contributed by atoms with van der Waals surface area (Å²) in [5, 5.41) is 7.13. The van der Waals surface area contributed by atoms with E-state index in [9.17, 15) is 0 Å². The third-order valence-corrected chi connectivity index (χ3v) is 11.4. The van der Waals surface area contributed by atoms with Crippen molar-refractivity contribution in [2.45, 2.75) is 19.3 Å². The van der Waals surface area contributed by atoms with E-state index in [1.54, 1.807) is 0 Å². The zero-order valence-electron chi connectivity index (χ0n) is 30.0. The van der Waals surface area contributed by atoms with E-state index in [0.29, 0.717) is 5.82 Å². The Morgan fingerprint density at radius 1 is 0.407 bits per heavy atom. The number of hydrogen-bond acceptors (Lipinski definition) is 3. The maximum absolute atomic E-state index is 6.09. The Kier molecular flexibility index (Phi) is 6.60. The second-order valence-corrected chi connectivity index (χ2v) is 15.0. The molecule has 3 nitrogen and oxygen atoms in total. The number of rotatable bonds is 4. The van der Waals surface area contributed by atoms with Gasteiger partial charge in [-0.2, -0.15) is 0 Å². The van der Waals surface area contributed by atoms with Crippen molar-refractivity contribution in [1.29, 1.82) is 0 Å². The molecule has 0 radical (unpaired) electrons. The molecule has 0 N–H and O–H groups in total. The van der Waals surface area contributed by atoms with Crippen LogP contribution in [0.2, 0.25) is 0 Å². The van der Waals surface area contributed by atoms with Crippen LogP contribution in [0.15, 0.2) is 174 Å². The monoisotopic (exact) mass is 690 g/mol. The lowest BCUT2D eigenvalue weighted by atomic mass is 9.81. The number of hydrogen-bond donors (Lipinski definition) is 0. The molecule has 0 unspecified atom stereocenters. The van der Waals surface area contributed by atoms with E-state index >= 15 is 0 Å². The number of furan rings is 1. The highest BCUT2D eigenvalue weighted by molar-refractivity contribution is 6.06. The van der Waals surface area contributed by atoms with Crippen molar-refractivity contribution < 1.29 is 4.42 Å². The van der Waals surface area contributed by atoms with Gasteiger partial charge in [0.25, 0.3) is 0 Å². The summed E-state index contributed by atoms with van der Waals surface area (Å²) in [5.74, 6) is 0.717. The summed E-state index contributed by atoms with van der Waals surface area (Å²) >= 11 is 0. The fraction of sp³-hybridized carbons (Fsp3) is 0.0588. The number of fused-ring (bicyclic) bond motifs is 8. The van der Waals surface area contributed by atoms with Gasteiger partial charge in [-0.05, 0) is 103 Å². The van der Waals surface area contributed by atoms with Gasteiger partial charge in [-0.25, -0.2) is 9.97 Å². The third-order valence-electron chi connectivity index (χ3n) is 11.4. The van der Waals surface area contributed by atoms with Crippen LogP contribution in [0.5, 0.6) is 0 Å². The predicted molar refractivity (Wildman–Crippen MR) is 224 cm³/mol. The van der Waals surface area contributed by atoms with Crippen molar-refractivity contribution in [1.82, 2.24) is 9.97 Å². The molecule has 0 saturated heterocycles. The molecule has 2 aromatic heterocycles. The summed E-state index contributed by atoms with van der Waals surface area (Å²) in [5.41, 5.74) is 14.3. The maximum atomic E-state index is 6.09. The molecule has 54 heavy (non-hydrogen) atoms. The Labute approximate surface area is 313 Å². The lowest BCUT2D eigenvalue weighted by molar-refractivity contribution is 0.661. The Bertz CT molecular complexity index is 3130. The molecule has 0 fully saturated rings. The third kappa shape index (κ3) is 4.75. The van der Waals surface area contributed by atoms with Crippen LogP contribution in [0.3, 0.4) is 0 Å². The van der Waals surface area contributed by atoms with Gasteiger partial charge in [-0.1, -0.05) is 135 Å². The quantitative estimate of drug-likeness (QED) is 0.184. The van der Waals surface area contributed by atoms with Crippen LogP contribution in [0, 0.1) is 0 Å². The molecule has 0 saturated carbocycles. The van der Waals surface area contributed by atoms with Crippen LogP contribution < -0.4 is 0 Å². The minimum atomic E-state index is -0.141. The normalized spacial score (nSPS) is 13.1. The summed E-state index contributed by atoms with van der Waals surface area (Å²) in [7, 11) is 0. The molecule has 1 aliphatic rings. The fourth-order valence-corrected chi connectivity index (χ4v) is 8.63. The molecule has 11 rings (SSSR count). The second-order valence-electron chi connectivity index (χ2n) is 15.0. The molecule has 10 aromatic rings. The molecule has 3 heteroatoms. The van der Waals surface area contributed by atoms with E-state index in [0.717, 1.165) is 55.4 Å². The summed E-state index contributed by atoms with van der Waals surface area (Å²) in [4.78, 5) is 10.5. The van der Waals surface area contributed by atoms with E-state index < -0.39 is 0 Å². The van der Waals surface area contributed by atoms with E-state index in [1.165, 1.54) is 49.5 Å². The average Bonchev–Trinajstić information content (AvgIpc) is 3.71. The summed E-state index contributed by atoms with van der Waals surface area (Å²) in [6.07, 6.45) is 0. The molecule has 8 aromatic carbocycles. The van der Waals surface area contributed by atoms with Gasteiger partial charge in [0.05, 0.1) is 11.4 Å². The smallest absolute Gasteiger partial charge is 0.160 e. The molecule has 254 valence electrons. The van der Waals surface area contributed by atoms with Gasteiger partial charge in [0.1, 0.15) is 11.2 Å². The van der Waals surface area contributed by atoms with Gasteiger partial charge in [-0.3, -0.25) is 0 Å². The van der Waals surface area contributed by atoms with Crippen LogP contribution in [-0.2, 0) is 5.41 Å². The fourth-order valence-electron chi connectivity index (χ4n) is 8.63. The first-order valence-electron chi connectivity index (χ1n) is 18.6. The van der Waals surface area contributed by atoms with Crippen molar-refractivity contribution in [3.63, 3.8) is 0 Å².